The summed E-state index contributed by atoms with van der Waals surface area (Å²) < 4.78 is 32.6. The van der Waals surface area contributed by atoms with Gasteiger partial charge in [-0.2, -0.15) is 0 Å². The molecule has 6 nitrogen and oxygen atoms in total. The summed E-state index contributed by atoms with van der Waals surface area (Å²) in [4.78, 5) is 14.9. The molecule has 1 aliphatic rings. The van der Waals surface area contributed by atoms with E-state index in [1.54, 1.807) is 62.6 Å². The van der Waals surface area contributed by atoms with Gasteiger partial charge in [-0.1, -0.05) is 17.7 Å². The third-order valence-electron chi connectivity index (χ3n) is 4.79. The zero-order valence-corrected chi connectivity index (χ0v) is 16.6. The Bertz CT molecular complexity index is 908. The number of urea groups is 1. The van der Waals surface area contributed by atoms with Gasteiger partial charge < -0.3 is 4.74 Å². The molecule has 2 aromatic rings. The minimum absolute atomic E-state index is 0.130. The molecule has 144 valence electrons. The summed E-state index contributed by atoms with van der Waals surface area (Å²) in [7, 11) is -2.36. The van der Waals surface area contributed by atoms with Gasteiger partial charge in [-0.15, -0.1) is 0 Å². The van der Waals surface area contributed by atoms with Gasteiger partial charge in [0.25, 0.3) is 10.0 Å². The highest BCUT2D eigenvalue weighted by atomic mass is 32.2. The second kappa shape index (κ2) is 7.60. The number of anilines is 1. The molecular formula is C20H24N2O4S. The lowest BCUT2D eigenvalue weighted by Crippen LogP contribution is -2.48. The first-order valence-electron chi connectivity index (χ1n) is 8.91. The maximum atomic E-state index is 13.2. The topological polar surface area (TPSA) is 66.9 Å². The standard InChI is InChI=1S/C20H24N2O4S/c1-15-6-12-19(13-7-15)27(24,25)22-16(2)5-4-14-21(20(22)23)17-8-10-18(26-3)11-9-17/h6-13,16H,4-5,14H2,1-3H3. The molecule has 1 aliphatic heterocycles. The van der Waals surface area contributed by atoms with Gasteiger partial charge in [0.05, 0.1) is 12.0 Å². The van der Waals surface area contributed by atoms with E-state index in [-0.39, 0.29) is 4.90 Å². The smallest absolute Gasteiger partial charge is 0.338 e. The van der Waals surface area contributed by atoms with Crippen molar-refractivity contribution in [1.29, 1.82) is 0 Å². The van der Waals surface area contributed by atoms with Crippen LogP contribution in [-0.2, 0) is 10.0 Å². The Morgan fingerprint density at radius 3 is 2.26 bits per heavy atom. The third-order valence-corrected chi connectivity index (χ3v) is 6.69. The van der Waals surface area contributed by atoms with Crippen LogP contribution in [0.3, 0.4) is 0 Å². The average Bonchev–Trinajstić information content (AvgIpc) is 2.80. The monoisotopic (exact) mass is 388 g/mol. The van der Waals surface area contributed by atoms with E-state index in [2.05, 4.69) is 0 Å². The summed E-state index contributed by atoms with van der Waals surface area (Å²) in [5, 5.41) is 0. The molecule has 27 heavy (non-hydrogen) atoms. The Hall–Kier alpha value is -2.54. The average molecular weight is 388 g/mol. The number of carbonyl (C=O) groups excluding carboxylic acids is 1. The molecule has 1 heterocycles. The highest BCUT2D eigenvalue weighted by Crippen LogP contribution is 2.29. The molecule has 0 spiro atoms. The maximum absolute atomic E-state index is 13.2. The van der Waals surface area contributed by atoms with E-state index in [1.807, 2.05) is 6.92 Å². The molecule has 1 saturated heterocycles. The van der Waals surface area contributed by atoms with Crippen LogP contribution in [0.4, 0.5) is 10.5 Å². The molecule has 2 aromatic carbocycles. The first kappa shape index (κ1) is 19.2. The number of hydrogen-bond acceptors (Lipinski definition) is 4. The van der Waals surface area contributed by atoms with E-state index < -0.39 is 22.1 Å². The second-order valence-corrected chi connectivity index (χ2v) is 8.55. The summed E-state index contributed by atoms with van der Waals surface area (Å²) in [5.41, 5.74) is 1.61. The van der Waals surface area contributed by atoms with Crippen LogP contribution in [0.1, 0.15) is 25.3 Å². The van der Waals surface area contributed by atoms with Crippen molar-refractivity contribution in [1.82, 2.24) is 4.31 Å². The summed E-state index contributed by atoms with van der Waals surface area (Å²) in [6.07, 6.45) is 1.34. The Labute approximate surface area is 160 Å². The van der Waals surface area contributed by atoms with Crippen molar-refractivity contribution in [3.8, 4) is 5.75 Å². The number of benzene rings is 2. The van der Waals surface area contributed by atoms with Crippen LogP contribution < -0.4 is 9.64 Å². The minimum atomic E-state index is -3.94. The van der Waals surface area contributed by atoms with Gasteiger partial charge in [0.15, 0.2) is 0 Å². The quantitative estimate of drug-likeness (QED) is 0.799. The van der Waals surface area contributed by atoms with Gasteiger partial charge in [0.1, 0.15) is 5.75 Å². The lowest BCUT2D eigenvalue weighted by atomic mass is 10.2. The van der Waals surface area contributed by atoms with Gasteiger partial charge in [0, 0.05) is 18.3 Å². The number of methoxy groups -OCH3 is 1. The predicted molar refractivity (Wildman–Crippen MR) is 105 cm³/mol. The number of carbonyl (C=O) groups is 1. The van der Waals surface area contributed by atoms with E-state index in [1.165, 1.54) is 4.90 Å². The number of aryl methyl sites for hydroxylation is 1. The fourth-order valence-electron chi connectivity index (χ4n) is 3.23. The molecule has 7 heteroatoms. The molecule has 0 aromatic heterocycles. The number of nitrogens with zero attached hydrogens (tertiary/aromatic N) is 2. The van der Waals surface area contributed by atoms with E-state index in [0.717, 1.165) is 16.3 Å². The van der Waals surface area contributed by atoms with Crippen LogP contribution in [0.15, 0.2) is 53.4 Å². The molecule has 3 rings (SSSR count). The van der Waals surface area contributed by atoms with Crippen LogP contribution in [0, 0.1) is 6.92 Å². The fraction of sp³-hybridized carbons (Fsp3) is 0.350. The first-order chi connectivity index (χ1) is 12.8. The molecule has 0 bridgehead atoms. The first-order valence-corrected chi connectivity index (χ1v) is 10.4. The van der Waals surface area contributed by atoms with Gasteiger partial charge in [-0.3, -0.25) is 4.90 Å². The third kappa shape index (κ3) is 3.78. The Morgan fingerprint density at radius 2 is 1.67 bits per heavy atom. The number of hydrogen-bond donors (Lipinski definition) is 0. The van der Waals surface area contributed by atoms with Crippen LogP contribution in [0.25, 0.3) is 0 Å². The van der Waals surface area contributed by atoms with Gasteiger partial charge in [-0.05, 0) is 63.1 Å². The van der Waals surface area contributed by atoms with E-state index in [4.69, 9.17) is 4.74 Å². The zero-order chi connectivity index (χ0) is 19.6. The van der Waals surface area contributed by atoms with Crippen LogP contribution in [-0.4, -0.2) is 38.5 Å². The highest BCUT2D eigenvalue weighted by molar-refractivity contribution is 7.89. The van der Waals surface area contributed by atoms with Gasteiger partial charge in [-0.25, -0.2) is 17.5 Å². The molecule has 1 unspecified atom stereocenters. The lowest BCUT2D eigenvalue weighted by molar-refractivity contribution is 0.223. The Balaban J connectivity index is 1.99. The Kier molecular flexibility index (Phi) is 5.41. The van der Waals surface area contributed by atoms with Crippen molar-refractivity contribution >= 4 is 21.7 Å². The van der Waals surface area contributed by atoms with E-state index in [9.17, 15) is 13.2 Å². The van der Waals surface area contributed by atoms with Crippen molar-refractivity contribution in [2.75, 3.05) is 18.6 Å². The number of rotatable bonds is 4. The largest absolute Gasteiger partial charge is 0.497 e. The molecule has 0 aliphatic carbocycles. The van der Waals surface area contributed by atoms with Crippen molar-refractivity contribution in [2.45, 2.75) is 37.6 Å². The van der Waals surface area contributed by atoms with Crippen LogP contribution in [0.5, 0.6) is 5.75 Å². The molecule has 0 saturated carbocycles. The van der Waals surface area contributed by atoms with Crippen LogP contribution in [0.2, 0.25) is 0 Å². The molecule has 2 amide bonds. The summed E-state index contributed by atoms with van der Waals surface area (Å²) >= 11 is 0. The van der Waals surface area contributed by atoms with Crippen LogP contribution >= 0.6 is 0 Å². The van der Waals surface area contributed by atoms with Gasteiger partial charge >= 0.3 is 6.03 Å². The normalized spacial score (nSPS) is 18.3. The van der Waals surface area contributed by atoms with Crippen molar-refractivity contribution in [2.24, 2.45) is 0 Å². The molecule has 1 fully saturated rings. The molecule has 0 N–H and O–H groups in total. The highest BCUT2D eigenvalue weighted by Gasteiger charge is 2.38. The maximum Gasteiger partial charge on any atom is 0.338 e. The minimum Gasteiger partial charge on any atom is -0.497 e. The summed E-state index contributed by atoms with van der Waals surface area (Å²) in [6, 6.07) is 12.7. The Morgan fingerprint density at radius 1 is 1.04 bits per heavy atom. The zero-order valence-electron chi connectivity index (χ0n) is 15.8. The molecule has 1 atom stereocenters. The number of sulfonamides is 1. The fourth-order valence-corrected chi connectivity index (χ4v) is 4.82. The van der Waals surface area contributed by atoms with Gasteiger partial charge in [0.2, 0.25) is 0 Å². The summed E-state index contributed by atoms with van der Waals surface area (Å²) in [5.74, 6) is 0.679. The lowest BCUT2D eigenvalue weighted by Gasteiger charge is -2.30. The van der Waals surface area contributed by atoms with E-state index in [0.29, 0.717) is 24.4 Å². The van der Waals surface area contributed by atoms with Crippen molar-refractivity contribution < 1.29 is 17.9 Å². The van der Waals surface area contributed by atoms with Crippen molar-refractivity contribution in [3.63, 3.8) is 0 Å². The number of ether oxygens (including phenoxy) is 1. The number of amides is 2. The van der Waals surface area contributed by atoms with Crippen molar-refractivity contribution in [3.05, 3.63) is 54.1 Å². The predicted octanol–water partition coefficient (Wildman–Crippen LogP) is 3.80. The molecule has 0 radical (unpaired) electrons. The van der Waals surface area contributed by atoms with E-state index >= 15 is 0 Å². The summed E-state index contributed by atoms with van der Waals surface area (Å²) in [6.45, 7) is 4.14. The molecular weight excluding hydrogens is 364 g/mol. The SMILES string of the molecule is COc1ccc(N2CCCC(C)N(S(=O)(=O)c3ccc(C)cc3)C2=O)cc1. The second-order valence-electron chi connectivity index (χ2n) is 6.74.